The van der Waals surface area contributed by atoms with Gasteiger partial charge in [-0.3, -0.25) is 0 Å². The Morgan fingerprint density at radius 2 is 1.62 bits per heavy atom. The predicted molar refractivity (Wildman–Crippen MR) is 113 cm³/mol. The molecule has 12 heteroatoms. The van der Waals surface area contributed by atoms with Gasteiger partial charge < -0.3 is 4.74 Å². The fourth-order valence-corrected chi connectivity index (χ4v) is 4.56. The van der Waals surface area contributed by atoms with Crippen molar-refractivity contribution in [3.63, 3.8) is 0 Å². The van der Waals surface area contributed by atoms with Gasteiger partial charge in [-0.2, -0.15) is 13.2 Å². The summed E-state index contributed by atoms with van der Waals surface area (Å²) in [6.45, 7) is 0. The Balaban J connectivity index is 2.17. The highest BCUT2D eigenvalue weighted by atomic mass is 35.5. The van der Waals surface area contributed by atoms with E-state index in [1.54, 1.807) is 0 Å². The molecule has 0 saturated heterocycles. The lowest BCUT2D eigenvalue weighted by Gasteiger charge is -2.25. The molecule has 3 rings (SSSR count). The molecule has 6 nitrogen and oxygen atoms in total. The predicted octanol–water partition coefficient (Wildman–Crippen LogP) is 5.72. The second-order valence-corrected chi connectivity index (χ2v) is 8.92. The summed E-state index contributed by atoms with van der Waals surface area (Å²) in [6.07, 6.45) is -4.23. The first-order valence-corrected chi connectivity index (χ1v) is 10.9. The molecule has 0 radical (unpaired) electrons. The van der Waals surface area contributed by atoms with E-state index in [9.17, 15) is 26.4 Å². The summed E-state index contributed by atoms with van der Waals surface area (Å²) in [5.41, 5.74) is -1.00. The summed E-state index contributed by atoms with van der Waals surface area (Å²) in [6, 6.07) is 10.9. The highest BCUT2D eigenvalue weighted by Gasteiger charge is 2.34. The van der Waals surface area contributed by atoms with Gasteiger partial charge in [0.15, 0.2) is 5.82 Å². The van der Waals surface area contributed by atoms with Gasteiger partial charge in [0.1, 0.15) is 0 Å². The first-order valence-electron chi connectivity index (χ1n) is 8.67. The summed E-state index contributed by atoms with van der Waals surface area (Å²) in [4.78, 5) is 15.0. The lowest BCUT2D eigenvalue weighted by atomic mass is 10.2. The first-order chi connectivity index (χ1) is 14.9. The lowest BCUT2D eigenvalue weighted by molar-refractivity contribution is -0.137. The molecule has 32 heavy (non-hydrogen) atoms. The van der Waals surface area contributed by atoms with E-state index in [4.69, 9.17) is 23.2 Å². The van der Waals surface area contributed by atoms with Crippen LogP contribution in [0.25, 0.3) is 0 Å². The summed E-state index contributed by atoms with van der Waals surface area (Å²) in [5.74, 6) is -1.12. The van der Waals surface area contributed by atoms with E-state index in [0.717, 1.165) is 12.1 Å². The van der Waals surface area contributed by atoms with Crippen LogP contribution in [0.15, 0.2) is 65.7 Å². The van der Waals surface area contributed by atoms with Crippen molar-refractivity contribution < 1.29 is 31.1 Å². The van der Waals surface area contributed by atoms with E-state index in [-0.39, 0.29) is 16.1 Å². The zero-order valence-electron chi connectivity index (χ0n) is 16.1. The molecule has 0 aliphatic rings. The minimum Gasteiger partial charge on any atom is -0.465 e. The largest absolute Gasteiger partial charge is 0.465 e. The van der Waals surface area contributed by atoms with Crippen LogP contribution in [0.2, 0.25) is 10.0 Å². The Morgan fingerprint density at radius 1 is 1.03 bits per heavy atom. The molecule has 168 valence electrons. The fourth-order valence-electron chi connectivity index (χ4n) is 2.67. The van der Waals surface area contributed by atoms with E-state index in [1.807, 2.05) is 0 Å². The minimum atomic E-state index is -4.72. The van der Waals surface area contributed by atoms with Crippen molar-refractivity contribution in [3.05, 3.63) is 82.0 Å². The summed E-state index contributed by atoms with van der Waals surface area (Å²) < 4.78 is 71.2. The molecule has 0 aliphatic carbocycles. The first kappa shape index (κ1) is 23.8. The second-order valence-electron chi connectivity index (χ2n) is 6.29. The normalized spacial score (nSPS) is 11.8. The maximum Gasteiger partial charge on any atom is 0.417 e. The number of anilines is 2. The zero-order valence-corrected chi connectivity index (χ0v) is 18.4. The summed E-state index contributed by atoms with van der Waals surface area (Å²) in [5, 5.41) is -0.232. The zero-order chi connectivity index (χ0) is 23.7. The van der Waals surface area contributed by atoms with Gasteiger partial charge in [0, 0.05) is 11.2 Å². The summed E-state index contributed by atoms with van der Waals surface area (Å²) in [7, 11) is -3.26. The molecule has 0 saturated carbocycles. The van der Waals surface area contributed by atoms with Crippen LogP contribution in [-0.2, 0) is 20.9 Å². The van der Waals surface area contributed by atoms with E-state index in [1.165, 1.54) is 43.5 Å². The molecule has 0 fully saturated rings. The second kappa shape index (κ2) is 8.97. The molecule has 0 unspecified atom stereocenters. The lowest BCUT2D eigenvalue weighted by Crippen LogP contribution is -2.27. The number of aromatic nitrogens is 1. The van der Waals surface area contributed by atoms with Crippen LogP contribution < -0.4 is 4.31 Å². The van der Waals surface area contributed by atoms with Gasteiger partial charge in [-0.25, -0.2) is 22.5 Å². The molecule has 2 aromatic carbocycles. The van der Waals surface area contributed by atoms with Gasteiger partial charge in [-0.15, -0.1) is 0 Å². The molecule has 0 amide bonds. The van der Waals surface area contributed by atoms with Crippen LogP contribution in [0, 0.1) is 0 Å². The number of hydrogen-bond acceptors (Lipinski definition) is 5. The third kappa shape index (κ3) is 4.82. The van der Waals surface area contributed by atoms with Crippen LogP contribution in [0.1, 0.15) is 15.9 Å². The molecule has 0 aliphatic heterocycles. The topological polar surface area (TPSA) is 76.6 Å². The monoisotopic (exact) mass is 504 g/mol. The molecule has 1 aromatic heterocycles. The van der Waals surface area contributed by atoms with Crippen LogP contribution >= 0.6 is 23.2 Å². The van der Waals surface area contributed by atoms with Crippen molar-refractivity contribution in [2.24, 2.45) is 0 Å². The Hall–Kier alpha value is -2.82. The number of pyridine rings is 1. The molecule has 0 atom stereocenters. The number of halogens is 5. The van der Waals surface area contributed by atoms with Crippen molar-refractivity contribution in [1.29, 1.82) is 0 Å². The Morgan fingerprint density at radius 3 is 2.12 bits per heavy atom. The van der Waals surface area contributed by atoms with Gasteiger partial charge in [-0.05, 0) is 54.6 Å². The number of nitrogens with zero attached hydrogens (tertiary/aromatic N) is 2. The summed E-state index contributed by atoms with van der Waals surface area (Å²) >= 11 is 11.9. The van der Waals surface area contributed by atoms with Crippen molar-refractivity contribution >= 4 is 50.7 Å². The van der Waals surface area contributed by atoms with Gasteiger partial charge in [0.05, 0.1) is 33.8 Å². The third-order valence-corrected chi connectivity index (χ3v) is 6.48. The smallest absolute Gasteiger partial charge is 0.417 e. The Labute approximate surface area is 191 Å². The average molecular weight is 505 g/mol. The quantitative estimate of drug-likeness (QED) is 0.415. The number of rotatable bonds is 5. The Bertz CT molecular complexity index is 1250. The number of benzene rings is 2. The average Bonchev–Trinajstić information content (AvgIpc) is 2.75. The number of carbonyl (C=O) groups excluding carboxylic acids is 1. The van der Waals surface area contributed by atoms with Crippen LogP contribution in [0.5, 0.6) is 0 Å². The van der Waals surface area contributed by atoms with Crippen LogP contribution in [0.4, 0.5) is 24.7 Å². The molecule has 3 aromatic rings. The van der Waals surface area contributed by atoms with Crippen molar-refractivity contribution in [3.8, 4) is 0 Å². The fraction of sp³-hybridized carbons (Fsp3) is 0.100. The number of esters is 1. The molecular formula is C20H13Cl2F3N2O4S. The number of methoxy groups -OCH3 is 1. The number of sulfonamides is 1. The molecule has 0 spiro atoms. The van der Waals surface area contributed by atoms with Crippen molar-refractivity contribution in [2.75, 3.05) is 11.4 Å². The SMILES string of the molecule is COC(=O)c1ccc(S(=O)(=O)N(c2ccc(Cl)cc2)c2ncc(C(F)(F)F)cc2Cl)cc1. The van der Waals surface area contributed by atoms with E-state index in [0.29, 0.717) is 21.6 Å². The highest BCUT2D eigenvalue weighted by molar-refractivity contribution is 7.93. The van der Waals surface area contributed by atoms with Crippen LogP contribution in [-0.4, -0.2) is 26.5 Å². The molecule has 1 heterocycles. The van der Waals surface area contributed by atoms with Gasteiger partial charge in [-0.1, -0.05) is 23.2 Å². The van der Waals surface area contributed by atoms with Gasteiger partial charge >= 0.3 is 12.1 Å². The standard InChI is InChI=1S/C20H13Cl2F3N2O4S/c1-31-19(28)12-2-8-16(9-3-12)32(29,30)27(15-6-4-14(21)5-7-15)18-17(22)10-13(11-26-18)20(23,24)25/h2-11H,1H3. The number of carbonyl (C=O) groups is 1. The Kier molecular flexibility index (Phi) is 6.68. The van der Waals surface area contributed by atoms with E-state index in [2.05, 4.69) is 9.72 Å². The maximum absolute atomic E-state index is 13.5. The van der Waals surface area contributed by atoms with Gasteiger partial charge in [0.2, 0.25) is 0 Å². The molecule has 0 N–H and O–H groups in total. The highest BCUT2D eigenvalue weighted by Crippen LogP contribution is 2.39. The number of hydrogen-bond donors (Lipinski definition) is 0. The number of ether oxygens (including phenoxy) is 1. The van der Waals surface area contributed by atoms with Crippen LogP contribution in [0.3, 0.4) is 0 Å². The van der Waals surface area contributed by atoms with Gasteiger partial charge in [0.25, 0.3) is 10.0 Å². The van der Waals surface area contributed by atoms with Crippen molar-refractivity contribution in [2.45, 2.75) is 11.1 Å². The molecular weight excluding hydrogens is 492 g/mol. The number of alkyl halides is 3. The van der Waals surface area contributed by atoms with Crippen molar-refractivity contribution in [1.82, 2.24) is 4.98 Å². The maximum atomic E-state index is 13.5. The minimum absolute atomic E-state index is 0.0283. The third-order valence-electron chi connectivity index (χ3n) is 4.22. The van der Waals surface area contributed by atoms with E-state index < -0.39 is 38.6 Å². The molecule has 0 bridgehead atoms. The van der Waals surface area contributed by atoms with E-state index >= 15 is 0 Å².